The van der Waals surface area contributed by atoms with Crippen LogP contribution in [-0.4, -0.2) is 62.4 Å². The van der Waals surface area contributed by atoms with Gasteiger partial charge in [-0.15, -0.1) is 0 Å². The largest absolute Gasteiger partial charge is 0.469 e. The van der Waals surface area contributed by atoms with Gasteiger partial charge in [0, 0.05) is 64.9 Å². The number of H-pyrrole nitrogens is 2. The summed E-state index contributed by atoms with van der Waals surface area (Å²) in [6.07, 6.45) is -7.95. The summed E-state index contributed by atoms with van der Waals surface area (Å²) in [5, 5.41) is 0. The molecule has 2 N–H and O–H groups in total. The number of alkyl halides is 6. The second-order valence-electron chi connectivity index (χ2n) is 16.9. The Hall–Kier alpha value is -5.51. The van der Waals surface area contributed by atoms with E-state index in [1.54, 1.807) is 6.92 Å². The summed E-state index contributed by atoms with van der Waals surface area (Å²) in [6, 6.07) is 6.78. The zero-order valence-corrected chi connectivity index (χ0v) is 36.5. The maximum Gasteiger partial charge on any atom is 0.416 e. The fraction of sp³-hybridized carbons (Fsp3) is 0.468. The zero-order valence-electron chi connectivity index (χ0n) is 36.5. The van der Waals surface area contributed by atoms with Crippen LogP contribution >= 0.6 is 0 Å². The van der Waals surface area contributed by atoms with E-state index >= 15 is 4.79 Å². The normalized spacial score (nSPS) is 20.1. The SMILES string of the molecule is CCCCOC(C)C1=C(C)c2cc3nc(c4c5[nH]c(cc6[nH]c(cc1n2)[C@@H](C)[C@@H]6CC)c(C)c5C(=O)N(Cc1cc(C(F)(F)F)cc(C(F)(F)F)c1)C4=O)[C@@H](CCC(=O)OC)[C@@H]3C. The van der Waals surface area contributed by atoms with Crippen molar-refractivity contribution in [2.75, 3.05) is 13.7 Å². The lowest BCUT2D eigenvalue weighted by atomic mass is 9.84. The summed E-state index contributed by atoms with van der Waals surface area (Å²) >= 11 is 0. The van der Waals surface area contributed by atoms with E-state index in [-0.39, 0.29) is 59.2 Å². The number of allylic oxidation sites excluding steroid dienone is 1. The van der Waals surface area contributed by atoms with Crippen LogP contribution in [0.25, 0.3) is 22.2 Å². The lowest BCUT2D eigenvalue weighted by Gasteiger charge is -2.27. The Bertz CT molecular complexity index is 2560. The number of halogens is 6. The summed E-state index contributed by atoms with van der Waals surface area (Å²) in [6.45, 7) is 13.4. The Labute approximate surface area is 361 Å². The molecule has 0 fully saturated rings. The maximum atomic E-state index is 15.0. The van der Waals surface area contributed by atoms with Gasteiger partial charge in [-0.1, -0.05) is 34.1 Å². The van der Waals surface area contributed by atoms with E-state index in [2.05, 4.69) is 30.7 Å². The third-order valence-electron chi connectivity index (χ3n) is 12.9. The number of amides is 2. The number of hydrogen-bond acceptors (Lipinski definition) is 7. The van der Waals surface area contributed by atoms with Gasteiger partial charge in [0.25, 0.3) is 11.8 Å². The molecule has 2 aromatic heterocycles. The Balaban J connectivity index is 1.54. The molecule has 336 valence electrons. The first-order chi connectivity index (χ1) is 29.7. The van der Waals surface area contributed by atoms with Crippen LogP contribution in [0.3, 0.4) is 0 Å². The number of imide groups is 1. The van der Waals surface area contributed by atoms with Crippen LogP contribution in [0, 0.1) is 6.92 Å². The van der Waals surface area contributed by atoms with Crippen molar-refractivity contribution in [3.8, 4) is 0 Å². The van der Waals surface area contributed by atoms with Crippen molar-refractivity contribution < 1.29 is 50.2 Å². The first-order valence-corrected chi connectivity index (χ1v) is 21.3. The van der Waals surface area contributed by atoms with Gasteiger partial charge in [0.2, 0.25) is 0 Å². The van der Waals surface area contributed by atoms with Crippen LogP contribution in [0.15, 0.2) is 36.4 Å². The minimum absolute atomic E-state index is 0.00196. The van der Waals surface area contributed by atoms with Crippen molar-refractivity contribution in [1.82, 2.24) is 24.8 Å². The number of rotatable bonds is 11. The molecule has 0 aliphatic carbocycles. The number of fused-ring (bicyclic) bond motifs is 8. The number of methoxy groups -OCH3 is 1. The quantitative estimate of drug-likeness (QED) is 0.0849. The number of aryl methyl sites for hydroxylation is 1. The Morgan fingerprint density at radius 2 is 1.51 bits per heavy atom. The molecule has 7 rings (SSSR count). The summed E-state index contributed by atoms with van der Waals surface area (Å²) in [5.41, 5.74) is 2.81. The molecule has 0 radical (unpaired) electrons. The van der Waals surface area contributed by atoms with Crippen LogP contribution < -0.4 is 0 Å². The highest BCUT2D eigenvalue weighted by molar-refractivity contribution is 6.23. The highest BCUT2D eigenvalue weighted by Crippen LogP contribution is 2.46. The highest BCUT2D eigenvalue weighted by atomic mass is 19.4. The molecule has 1 unspecified atom stereocenters. The molecule has 4 aliphatic rings. The molecular weight excluding hydrogens is 829 g/mol. The minimum Gasteiger partial charge on any atom is -0.469 e. The Morgan fingerprint density at radius 3 is 2.13 bits per heavy atom. The predicted octanol–water partition coefficient (Wildman–Crippen LogP) is 11.5. The molecule has 0 saturated carbocycles. The third kappa shape index (κ3) is 8.50. The lowest BCUT2D eigenvalue weighted by Crippen LogP contribution is -2.40. The molecule has 63 heavy (non-hydrogen) atoms. The van der Waals surface area contributed by atoms with Crippen molar-refractivity contribution in [1.29, 1.82) is 0 Å². The number of benzene rings is 1. The van der Waals surface area contributed by atoms with Gasteiger partial charge in [0.15, 0.2) is 0 Å². The number of unbranched alkanes of at least 4 members (excludes halogenated alkanes) is 1. The minimum atomic E-state index is -5.16. The second kappa shape index (κ2) is 17.2. The third-order valence-corrected chi connectivity index (χ3v) is 12.9. The van der Waals surface area contributed by atoms with Gasteiger partial charge in [0.05, 0.1) is 64.6 Å². The smallest absolute Gasteiger partial charge is 0.416 e. The molecule has 0 spiro atoms. The number of nitrogens with zero attached hydrogens (tertiary/aromatic N) is 3. The number of aromatic amines is 2. The molecule has 0 saturated heterocycles. The molecule has 10 nitrogen and oxygen atoms in total. The van der Waals surface area contributed by atoms with E-state index in [9.17, 15) is 35.9 Å². The van der Waals surface area contributed by atoms with E-state index in [4.69, 9.17) is 19.4 Å². The number of nitrogens with one attached hydrogen (secondary N) is 2. The average Bonchev–Trinajstić information content (AvgIpc) is 3.90. The van der Waals surface area contributed by atoms with E-state index in [0.717, 1.165) is 47.5 Å². The average molecular weight is 880 g/mol. The van der Waals surface area contributed by atoms with Crippen molar-refractivity contribution in [2.24, 2.45) is 0 Å². The monoisotopic (exact) mass is 879 g/mol. The fourth-order valence-electron chi connectivity index (χ4n) is 9.33. The van der Waals surface area contributed by atoms with Gasteiger partial charge < -0.3 is 19.4 Å². The van der Waals surface area contributed by atoms with Crippen molar-refractivity contribution in [3.63, 3.8) is 0 Å². The van der Waals surface area contributed by atoms with E-state index in [1.807, 2.05) is 39.0 Å². The number of hydrogen-bond donors (Lipinski definition) is 2. The molecule has 2 amide bonds. The first-order valence-electron chi connectivity index (χ1n) is 21.3. The lowest BCUT2D eigenvalue weighted by molar-refractivity contribution is -0.143. The molecule has 5 atom stereocenters. The molecule has 3 aromatic rings. The fourth-order valence-corrected chi connectivity index (χ4v) is 9.33. The van der Waals surface area contributed by atoms with Gasteiger partial charge >= 0.3 is 18.3 Å². The summed E-state index contributed by atoms with van der Waals surface area (Å²) in [7, 11) is 1.25. The van der Waals surface area contributed by atoms with Gasteiger partial charge in [0.1, 0.15) is 0 Å². The first kappa shape index (κ1) is 45.5. The Morgan fingerprint density at radius 1 is 0.841 bits per heavy atom. The van der Waals surface area contributed by atoms with Gasteiger partial charge in [-0.25, -0.2) is 4.98 Å². The molecule has 8 bridgehead atoms. The molecule has 4 aliphatic heterocycles. The zero-order chi connectivity index (χ0) is 45.9. The standard InChI is InChI=1S/C47H51F6N5O5/c1-9-11-14-63-26(7)39-24(5)34-18-33-23(4)31(12-13-38(59)62-8)42(56-33)41-43-40(25(6)35(57-43)19-36-30(10-2)22(3)32(54-36)20-37(39)55-34)44(60)58(45(41)61)21-27-15-28(46(48,49)50)17-29(16-27)47(51,52)53/h15-20,22-23,26,30-31,54,57H,9-14,21H2,1-8H3/t22-,23-,26?,30-,31-/m0/s1. The topological polar surface area (TPSA) is 130 Å². The van der Waals surface area contributed by atoms with Crippen molar-refractivity contribution >= 4 is 40.0 Å². The van der Waals surface area contributed by atoms with E-state index < -0.39 is 65.2 Å². The number of ether oxygens (including phenoxy) is 2. The second-order valence-corrected chi connectivity index (χ2v) is 16.9. The van der Waals surface area contributed by atoms with Gasteiger partial charge in [-0.2, -0.15) is 26.3 Å². The summed E-state index contributed by atoms with van der Waals surface area (Å²) in [5.74, 6) is -3.44. The van der Waals surface area contributed by atoms with Crippen molar-refractivity contribution in [2.45, 2.75) is 129 Å². The van der Waals surface area contributed by atoms with Crippen LogP contribution in [-0.2, 0) is 33.2 Å². The molecule has 1 aromatic carbocycles. The number of carbonyl (C=O) groups excluding carboxylic acids is 3. The van der Waals surface area contributed by atoms with E-state index in [0.29, 0.717) is 46.1 Å². The van der Waals surface area contributed by atoms with Crippen LogP contribution in [0.1, 0.15) is 174 Å². The van der Waals surface area contributed by atoms with Crippen molar-refractivity contribution in [3.05, 3.63) is 104 Å². The summed E-state index contributed by atoms with van der Waals surface area (Å²) in [4.78, 5) is 60.1. The highest BCUT2D eigenvalue weighted by Gasteiger charge is 2.43. The summed E-state index contributed by atoms with van der Waals surface area (Å²) < 4.78 is 95.4. The number of esters is 1. The number of carbonyl (C=O) groups is 3. The molecular formula is C47H51F6N5O5. The maximum absolute atomic E-state index is 15.0. The van der Waals surface area contributed by atoms with Crippen LogP contribution in [0.2, 0.25) is 0 Å². The van der Waals surface area contributed by atoms with Crippen LogP contribution in [0.4, 0.5) is 26.3 Å². The van der Waals surface area contributed by atoms with Gasteiger partial charge in [-0.05, 0) is 93.1 Å². The van der Waals surface area contributed by atoms with Gasteiger partial charge in [-0.3, -0.25) is 24.3 Å². The predicted molar refractivity (Wildman–Crippen MR) is 224 cm³/mol. The molecule has 16 heteroatoms. The number of aromatic nitrogens is 4. The van der Waals surface area contributed by atoms with E-state index in [1.165, 1.54) is 7.11 Å². The van der Waals surface area contributed by atoms with Crippen LogP contribution in [0.5, 0.6) is 0 Å². The molecule has 6 heterocycles. The Kier molecular flexibility index (Phi) is 12.4.